The molecule has 29 heavy (non-hydrogen) atoms. The lowest BCUT2D eigenvalue weighted by molar-refractivity contribution is -0.137. The molecule has 0 saturated heterocycles. The van der Waals surface area contributed by atoms with Crippen LogP contribution in [-0.4, -0.2) is 5.78 Å². The molecule has 0 aromatic heterocycles. The van der Waals surface area contributed by atoms with Gasteiger partial charge in [-0.15, -0.1) is 0 Å². The zero-order valence-corrected chi connectivity index (χ0v) is 15.7. The van der Waals surface area contributed by atoms with Gasteiger partial charge in [0.05, 0.1) is 16.8 Å². The number of alkyl halides is 3. The van der Waals surface area contributed by atoms with Crippen molar-refractivity contribution in [2.75, 3.05) is 0 Å². The predicted molar refractivity (Wildman–Crippen MR) is 107 cm³/mol. The number of carbonyl (C=O) groups is 1. The average molecular weight is 393 g/mol. The first-order chi connectivity index (χ1) is 13.8. The zero-order valence-electron chi connectivity index (χ0n) is 15.7. The quantitative estimate of drug-likeness (QED) is 0.601. The first-order valence-electron chi connectivity index (χ1n) is 9.20. The number of Topliss-reactive ketones (excluding diaryl/α,β-unsaturated/α-hetero) is 1. The van der Waals surface area contributed by atoms with E-state index >= 15 is 0 Å². The van der Waals surface area contributed by atoms with Crippen LogP contribution < -0.4 is 5.32 Å². The van der Waals surface area contributed by atoms with Crippen molar-refractivity contribution in [1.82, 2.24) is 5.32 Å². The van der Waals surface area contributed by atoms with Gasteiger partial charge in [-0.3, -0.25) is 4.79 Å². The van der Waals surface area contributed by atoms with Gasteiger partial charge in [-0.25, -0.2) is 0 Å². The van der Waals surface area contributed by atoms with Crippen LogP contribution in [0.4, 0.5) is 13.2 Å². The normalized spacial score (nSPS) is 13.6. The van der Waals surface area contributed by atoms with Crippen molar-refractivity contribution < 1.29 is 18.0 Å². The topological polar surface area (TPSA) is 29.1 Å². The Morgan fingerprint density at radius 2 is 1.45 bits per heavy atom. The Kier molecular flexibility index (Phi) is 4.74. The fourth-order valence-electron chi connectivity index (χ4n) is 3.46. The van der Waals surface area contributed by atoms with E-state index in [0.717, 1.165) is 28.8 Å². The Morgan fingerprint density at radius 3 is 2.07 bits per heavy atom. The molecule has 5 heteroatoms. The molecular formula is C24H18F3NO. The van der Waals surface area contributed by atoms with Crippen LogP contribution in [0.5, 0.6) is 0 Å². The Hall–Kier alpha value is -3.34. The van der Waals surface area contributed by atoms with E-state index in [1.807, 2.05) is 43.3 Å². The Bertz CT molecular complexity index is 1090. The predicted octanol–water partition coefficient (Wildman–Crippen LogP) is 5.87. The third-order valence-corrected chi connectivity index (χ3v) is 5.01. The summed E-state index contributed by atoms with van der Waals surface area (Å²) in [5, 5.41) is 3.33. The van der Waals surface area contributed by atoms with E-state index in [2.05, 4.69) is 5.32 Å². The van der Waals surface area contributed by atoms with Gasteiger partial charge in [-0.05, 0) is 30.2 Å². The second-order valence-corrected chi connectivity index (χ2v) is 7.04. The number of hydrogen-bond donors (Lipinski definition) is 1. The molecule has 0 bridgehead atoms. The second kappa shape index (κ2) is 7.24. The van der Waals surface area contributed by atoms with Gasteiger partial charge in [0, 0.05) is 17.7 Å². The number of allylic oxidation sites excluding steroid dienone is 1. The van der Waals surface area contributed by atoms with Crippen molar-refractivity contribution in [3.05, 3.63) is 106 Å². The summed E-state index contributed by atoms with van der Waals surface area (Å²) in [4.78, 5) is 13.0. The lowest BCUT2D eigenvalue weighted by Crippen LogP contribution is -2.12. The molecular weight excluding hydrogens is 375 g/mol. The number of fused-ring (bicyclic) bond motifs is 1. The highest BCUT2D eigenvalue weighted by Crippen LogP contribution is 2.38. The third kappa shape index (κ3) is 3.68. The molecule has 1 aliphatic rings. The molecule has 0 unspecified atom stereocenters. The van der Waals surface area contributed by atoms with E-state index in [1.54, 1.807) is 12.1 Å². The fraction of sp³-hybridized carbons (Fsp3) is 0.125. The lowest BCUT2D eigenvalue weighted by Gasteiger charge is -2.13. The molecule has 0 heterocycles. The summed E-state index contributed by atoms with van der Waals surface area (Å²) in [7, 11) is 0. The van der Waals surface area contributed by atoms with Gasteiger partial charge in [0.2, 0.25) is 0 Å². The highest BCUT2D eigenvalue weighted by molar-refractivity contribution is 6.39. The minimum atomic E-state index is -4.41. The van der Waals surface area contributed by atoms with E-state index in [4.69, 9.17) is 0 Å². The Morgan fingerprint density at radius 1 is 0.828 bits per heavy atom. The van der Waals surface area contributed by atoms with E-state index in [-0.39, 0.29) is 5.78 Å². The number of aryl methyl sites for hydroxylation is 1. The van der Waals surface area contributed by atoms with Crippen molar-refractivity contribution in [3.8, 4) is 0 Å². The number of benzene rings is 3. The SMILES string of the molecule is Cc1ccc(CNC2=C(c3ccc(C(F)(F)F)cc3)C(=O)c3ccccc32)cc1. The lowest BCUT2D eigenvalue weighted by atomic mass is 10.00. The summed E-state index contributed by atoms with van der Waals surface area (Å²) in [6.45, 7) is 2.51. The number of hydrogen-bond acceptors (Lipinski definition) is 2. The van der Waals surface area contributed by atoms with Crippen LogP contribution in [0.3, 0.4) is 0 Å². The largest absolute Gasteiger partial charge is 0.416 e. The summed E-state index contributed by atoms with van der Waals surface area (Å²) in [6.07, 6.45) is -4.41. The number of nitrogens with one attached hydrogen (secondary N) is 1. The van der Waals surface area contributed by atoms with E-state index in [0.29, 0.717) is 28.9 Å². The van der Waals surface area contributed by atoms with E-state index in [9.17, 15) is 18.0 Å². The van der Waals surface area contributed by atoms with Crippen LogP contribution in [0, 0.1) is 6.92 Å². The van der Waals surface area contributed by atoms with Gasteiger partial charge >= 0.3 is 6.18 Å². The van der Waals surface area contributed by atoms with Crippen molar-refractivity contribution in [2.24, 2.45) is 0 Å². The summed E-state index contributed by atoms with van der Waals surface area (Å²) >= 11 is 0. The van der Waals surface area contributed by atoms with Crippen LogP contribution in [0.1, 0.15) is 38.2 Å². The highest BCUT2D eigenvalue weighted by Gasteiger charge is 2.33. The van der Waals surface area contributed by atoms with E-state index in [1.165, 1.54) is 12.1 Å². The molecule has 0 radical (unpaired) electrons. The van der Waals surface area contributed by atoms with Crippen LogP contribution in [0.2, 0.25) is 0 Å². The molecule has 1 N–H and O–H groups in total. The average Bonchev–Trinajstić information content (AvgIpc) is 2.99. The number of halogens is 3. The van der Waals surface area contributed by atoms with Crippen LogP contribution in [0.15, 0.2) is 72.8 Å². The van der Waals surface area contributed by atoms with Crippen LogP contribution in [-0.2, 0) is 12.7 Å². The third-order valence-electron chi connectivity index (χ3n) is 5.01. The minimum Gasteiger partial charge on any atom is -0.380 e. The first kappa shape index (κ1) is 19.0. The minimum absolute atomic E-state index is 0.188. The number of ketones is 1. The summed E-state index contributed by atoms with van der Waals surface area (Å²) < 4.78 is 38.7. The number of rotatable bonds is 4. The summed E-state index contributed by atoms with van der Waals surface area (Å²) in [6, 6.07) is 20.0. The van der Waals surface area contributed by atoms with Crippen molar-refractivity contribution >= 4 is 17.1 Å². The maximum absolute atomic E-state index is 13.0. The van der Waals surface area contributed by atoms with Crippen molar-refractivity contribution in [3.63, 3.8) is 0 Å². The first-order valence-corrected chi connectivity index (χ1v) is 9.20. The van der Waals surface area contributed by atoms with Gasteiger partial charge < -0.3 is 5.32 Å². The molecule has 4 rings (SSSR count). The monoisotopic (exact) mass is 393 g/mol. The van der Waals surface area contributed by atoms with Gasteiger partial charge in [-0.1, -0.05) is 66.2 Å². The molecule has 146 valence electrons. The van der Waals surface area contributed by atoms with Crippen LogP contribution >= 0.6 is 0 Å². The summed E-state index contributed by atoms with van der Waals surface area (Å²) in [5.74, 6) is -0.188. The number of carbonyl (C=O) groups excluding carboxylic acids is 1. The molecule has 1 aliphatic carbocycles. The molecule has 3 aromatic carbocycles. The second-order valence-electron chi connectivity index (χ2n) is 7.04. The standard InChI is InChI=1S/C24H18F3NO/c1-15-6-8-16(9-7-15)14-28-22-19-4-2-3-5-20(19)23(29)21(22)17-10-12-18(13-11-17)24(25,26)27/h2-13,28H,14H2,1H3. The maximum atomic E-state index is 13.0. The molecule has 3 aromatic rings. The highest BCUT2D eigenvalue weighted by atomic mass is 19.4. The summed E-state index contributed by atoms with van der Waals surface area (Å²) in [5.41, 5.74) is 4.28. The fourth-order valence-corrected chi connectivity index (χ4v) is 3.46. The van der Waals surface area contributed by atoms with E-state index < -0.39 is 11.7 Å². The van der Waals surface area contributed by atoms with Gasteiger partial charge in [0.25, 0.3) is 0 Å². The molecule has 2 nitrogen and oxygen atoms in total. The molecule has 0 fully saturated rings. The molecule has 0 spiro atoms. The molecule has 0 aliphatic heterocycles. The molecule has 0 saturated carbocycles. The molecule has 0 atom stereocenters. The van der Waals surface area contributed by atoms with Gasteiger partial charge in [0.15, 0.2) is 5.78 Å². The van der Waals surface area contributed by atoms with Crippen molar-refractivity contribution in [2.45, 2.75) is 19.6 Å². The molecule has 0 amide bonds. The van der Waals surface area contributed by atoms with Gasteiger partial charge in [-0.2, -0.15) is 13.2 Å². The Balaban J connectivity index is 1.73. The van der Waals surface area contributed by atoms with Crippen molar-refractivity contribution in [1.29, 1.82) is 0 Å². The van der Waals surface area contributed by atoms with Crippen LogP contribution in [0.25, 0.3) is 11.3 Å². The smallest absolute Gasteiger partial charge is 0.380 e. The Labute approximate surface area is 166 Å². The van der Waals surface area contributed by atoms with Gasteiger partial charge in [0.1, 0.15) is 0 Å². The maximum Gasteiger partial charge on any atom is 0.416 e. The zero-order chi connectivity index (χ0) is 20.6.